The van der Waals surface area contributed by atoms with Gasteiger partial charge in [-0.15, -0.1) is 0 Å². The van der Waals surface area contributed by atoms with Crippen LogP contribution in [0, 0.1) is 6.92 Å². The number of aromatic nitrogens is 2. The van der Waals surface area contributed by atoms with Gasteiger partial charge in [0.1, 0.15) is 11.8 Å². The second-order valence-electron chi connectivity index (χ2n) is 3.32. The number of aryl methyl sites for hydroxylation is 1. The molecular weight excluding hydrogens is 247 g/mol. The lowest BCUT2D eigenvalue weighted by molar-refractivity contribution is -0.901. The van der Waals surface area contributed by atoms with Gasteiger partial charge in [0.25, 0.3) is 0 Å². The molecule has 0 amide bonds. The van der Waals surface area contributed by atoms with Crippen LogP contribution in [0.1, 0.15) is 5.69 Å². The summed E-state index contributed by atoms with van der Waals surface area (Å²) in [6.45, 7) is 1.76. The average molecular weight is 256 g/mol. The van der Waals surface area contributed by atoms with E-state index in [-0.39, 0.29) is 0 Å². The van der Waals surface area contributed by atoms with Crippen molar-refractivity contribution in [3.05, 3.63) is 46.2 Å². The molecule has 0 atom stereocenters. The summed E-state index contributed by atoms with van der Waals surface area (Å²) in [4.78, 5) is 4.08. The van der Waals surface area contributed by atoms with Crippen LogP contribution in [-0.4, -0.2) is 10.2 Å². The Balaban J connectivity index is 2.73. The third kappa shape index (κ3) is 1.84. The van der Waals surface area contributed by atoms with E-state index >= 15 is 0 Å². The minimum Gasteiger partial charge on any atom is -0.349 e. The molecule has 2 rings (SSSR count). The average Bonchev–Trinajstić information content (AvgIpc) is 2.24. The molecule has 16 heavy (non-hydrogen) atoms. The maximum absolute atomic E-state index is 9.84. The van der Waals surface area contributed by atoms with Crippen molar-refractivity contribution in [2.45, 2.75) is 6.92 Å². The van der Waals surface area contributed by atoms with Crippen molar-refractivity contribution in [3.8, 4) is 11.4 Å². The number of hydrogen-bond donors (Lipinski definition) is 1. The van der Waals surface area contributed by atoms with Gasteiger partial charge in [0, 0.05) is 13.0 Å². The molecule has 1 aromatic carbocycles. The maximum Gasteiger partial charge on any atom is 0.371 e. The standard InChI is InChI=1S/C11H9Cl2N2O/c1-7-5-6-14-11(15(7)16)10-8(12)3-2-4-9(10)13/h2-6,16H,1H3/q+1. The molecule has 5 heteroatoms. The Morgan fingerprint density at radius 3 is 2.44 bits per heavy atom. The van der Waals surface area contributed by atoms with Gasteiger partial charge < -0.3 is 5.21 Å². The minimum absolute atomic E-state index is 0.329. The summed E-state index contributed by atoms with van der Waals surface area (Å²) in [6.07, 6.45) is 1.59. The molecule has 0 aliphatic heterocycles. The zero-order chi connectivity index (χ0) is 11.7. The molecule has 0 bridgehead atoms. The summed E-state index contributed by atoms with van der Waals surface area (Å²) >= 11 is 12.1. The Hall–Kier alpha value is -1.32. The summed E-state index contributed by atoms with van der Waals surface area (Å²) in [5.41, 5.74) is 1.18. The van der Waals surface area contributed by atoms with Crippen molar-refractivity contribution < 1.29 is 9.94 Å². The van der Waals surface area contributed by atoms with E-state index in [1.165, 1.54) is 0 Å². The number of rotatable bonds is 1. The minimum atomic E-state index is 0.329. The molecule has 1 N–H and O–H groups in total. The third-order valence-corrected chi connectivity index (χ3v) is 2.86. The van der Waals surface area contributed by atoms with Crippen LogP contribution in [0.5, 0.6) is 0 Å². The van der Waals surface area contributed by atoms with Gasteiger partial charge in [0.15, 0.2) is 5.69 Å². The quantitative estimate of drug-likeness (QED) is 0.629. The molecule has 1 heterocycles. The highest BCUT2D eigenvalue weighted by molar-refractivity contribution is 6.38. The first-order valence-corrected chi connectivity index (χ1v) is 5.38. The SMILES string of the molecule is Cc1ccnc(-c2c(Cl)cccc2Cl)[n+]1O. The van der Waals surface area contributed by atoms with Crippen LogP contribution < -0.4 is 4.73 Å². The molecule has 1 aromatic heterocycles. The lowest BCUT2D eigenvalue weighted by Crippen LogP contribution is -2.37. The number of halogens is 2. The van der Waals surface area contributed by atoms with Crippen molar-refractivity contribution in [1.82, 2.24) is 4.98 Å². The highest BCUT2D eigenvalue weighted by Gasteiger charge is 2.22. The monoisotopic (exact) mass is 255 g/mol. The predicted octanol–water partition coefficient (Wildman–Crippen LogP) is 2.89. The zero-order valence-electron chi connectivity index (χ0n) is 8.48. The van der Waals surface area contributed by atoms with Crippen molar-refractivity contribution in [1.29, 1.82) is 0 Å². The van der Waals surface area contributed by atoms with Crippen molar-refractivity contribution in [2.75, 3.05) is 0 Å². The predicted molar refractivity (Wildman–Crippen MR) is 61.8 cm³/mol. The second kappa shape index (κ2) is 4.28. The van der Waals surface area contributed by atoms with Gasteiger partial charge >= 0.3 is 5.82 Å². The lowest BCUT2D eigenvalue weighted by Gasteiger charge is -2.03. The van der Waals surface area contributed by atoms with Crippen LogP contribution in [0.25, 0.3) is 11.4 Å². The van der Waals surface area contributed by atoms with E-state index in [1.54, 1.807) is 37.4 Å². The second-order valence-corrected chi connectivity index (χ2v) is 4.13. The fraction of sp³-hybridized carbons (Fsp3) is 0.0909. The summed E-state index contributed by atoms with van der Waals surface area (Å²) in [7, 11) is 0. The van der Waals surface area contributed by atoms with Gasteiger partial charge in [-0.1, -0.05) is 29.3 Å². The topological polar surface area (TPSA) is 37.0 Å². The van der Waals surface area contributed by atoms with E-state index in [9.17, 15) is 5.21 Å². The molecular formula is C11H9Cl2N2O+. The van der Waals surface area contributed by atoms with Crippen molar-refractivity contribution >= 4 is 23.2 Å². The zero-order valence-corrected chi connectivity index (χ0v) is 10.00. The van der Waals surface area contributed by atoms with Crippen LogP contribution in [0.2, 0.25) is 10.0 Å². The molecule has 0 spiro atoms. The first-order chi connectivity index (χ1) is 7.61. The summed E-state index contributed by atoms with van der Waals surface area (Å²) in [6, 6.07) is 6.83. The normalized spacial score (nSPS) is 10.4. The molecule has 0 aliphatic carbocycles. The fourth-order valence-corrected chi connectivity index (χ4v) is 1.96. The number of nitrogens with zero attached hydrogens (tertiary/aromatic N) is 2. The van der Waals surface area contributed by atoms with Crippen LogP contribution >= 0.6 is 23.2 Å². The van der Waals surface area contributed by atoms with E-state index in [0.29, 0.717) is 27.1 Å². The molecule has 82 valence electrons. The molecule has 2 aromatic rings. The summed E-state index contributed by atoms with van der Waals surface area (Å²) < 4.78 is 0.965. The first-order valence-electron chi connectivity index (χ1n) is 4.62. The van der Waals surface area contributed by atoms with Crippen LogP contribution in [0.3, 0.4) is 0 Å². The molecule has 0 saturated heterocycles. The van der Waals surface area contributed by atoms with Crippen LogP contribution in [0.15, 0.2) is 30.5 Å². The van der Waals surface area contributed by atoms with E-state index < -0.39 is 0 Å². The van der Waals surface area contributed by atoms with Gasteiger partial charge in [-0.05, 0) is 21.8 Å². The largest absolute Gasteiger partial charge is 0.371 e. The first kappa shape index (κ1) is 11.2. The lowest BCUT2D eigenvalue weighted by atomic mass is 10.2. The third-order valence-electron chi connectivity index (χ3n) is 2.23. The van der Waals surface area contributed by atoms with Crippen LogP contribution in [-0.2, 0) is 0 Å². The van der Waals surface area contributed by atoms with Crippen LogP contribution in [0.4, 0.5) is 0 Å². The van der Waals surface area contributed by atoms with Gasteiger partial charge in [0.05, 0.1) is 10.0 Å². The molecule has 0 saturated carbocycles. The van der Waals surface area contributed by atoms with Gasteiger partial charge in [-0.2, -0.15) is 0 Å². The van der Waals surface area contributed by atoms with E-state index in [4.69, 9.17) is 23.2 Å². The highest BCUT2D eigenvalue weighted by atomic mass is 35.5. The van der Waals surface area contributed by atoms with Gasteiger partial charge in [0.2, 0.25) is 0 Å². The Morgan fingerprint density at radius 2 is 1.81 bits per heavy atom. The number of hydrogen-bond acceptors (Lipinski definition) is 2. The van der Waals surface area contributed by atoms with E-state index in [2.05, 4.69) is 4.98 Å². The smallest absolute Gasteiger partial charge is 0.349 e. The Morgan fingerprint density at radius 1 is 1.19 bits per heavy atom. The highest BCUT2D eigenvalue weighted by Crippen LogP contribution is 2.31. The van der Waals surface area contributed by atoms with Gasteiger partial charge in [-0.25, -0.2) is 0 Å². The molecule has 0 fully saturated rings. The fourth-order valence-electron chi connectivity index (χ4n) is 1.39. The van der Waals surface area contributed by atoms with Gasteiger partial charge in [-0.3, -0.25) is 0 Å². The molecule has 0 radical (unpaired) electrons. The summed E-state index contributed by atoms with van der Waals surface area (Å²) in [5.74, 6) is 0.329. The van der Waals surface area contributed by atoms with E-state index in [0.717, 1.165) is 4.73 Å². The van der Waals surface area contributed by atoms with Crippen molar-refractivity contribution in [2.24, 2.45) is 0 Å². The Bertz CT molecular complexity index is 523. The Kier molecular flexibility index (Phi) is 2.99. The molecule has 3 nitrogen and oxygen atoms in total. The Labute approximate surface area is 103 Å². The molecule has 0 unspecified atom stereocenters. The maximum atomic E-state index is 9.84. The molecule has 0 aliphatic rings. The number of benzene rings is 1. The van der Waals surface area contributed by atoms with Crippen molar-refractivity contribution in [3.63, 3.8) is 0 Å². The summed E-state index contributed by atoms with van der Waals surface area (Å²) in [5, 5.41) is 10.7. The van der Waals surface area contributed by atoms with E-state index in [1.807, 2.05) is 0 Å².